The summed E-state index contributed by atoms with van der Waals surface area (Å²) in [5.41, 5.74) is 1.46. The highest BCUT2D eigenvalue weighted by molar-refractivity contribution is 5.70. The first-order chi connectivity index (χ1) is 17.6. The lowest BCUT2D eigenvalue weighted by molar-refractivity contribution is -0.185. The van der Waals surface area contributed by atoms with Gasteiger partial charge in [-0.25, -0.2) is 4.79 Å². The molecule has 2 heterocycles. The predicted octanol–water partition coefficient (Wildman–Crippen LogP) is 5.48. The van der Waals surface area contributed by atoms with E-state index in [4.69, 9.17) is 23.7 Å². The predicted molar refractivity (Wildman–Crippen MR) is 141 cm³/mol. The van der Waals surface area contributed by atoms with Crippen LogP contribution in [0.4, 0.5) is 4.79 Å². The molecule has 200 valence electrons. The van der Waals surface area contributed by atoms with Crippen LogP contribution >= 0.6 is 0 Å². The minimum absolute atomic E-state index is 0.361. The molecule has 1 saturated heterocycles. The van der Waals surface area contributed by atoms with Gasteiger partial charge in [-0.2, -0.15) is 0 Å². The molecule has 0 aromatic heterocycles. The van der Waals surface area contributed by atoms with Crippen molar-refractivity contribution < 1.29 is 28.5 Å². The van der Waals surface area contributed by atoms with Crippen LogP contribution in [0.3, 0.4) is 0 Å². The Morgan fingerprint density at radius 2 is 1.54 bits per heavy atom. The fraction of sp³-hybridized carbons (Fsp3) is 0.500. The first-order valence-electron chi connectivity index (χ1n) is 12.9. The van der Waals surface area contributed by atoms with Crippen molar-refractivity contribution >= 4 is 6.09 Å². The number of hydrogen-bond acceptors (Lipinski definition) is 6. The maximum absolute atomic E-state index is 13.2. The molecule has 0 aliphatic carbocycles. The molecular formula is C30H39NO6. The summed E-state index contributed by atoms with van der Waals surface area (Å²) in [4.78, 5) is 14.9. The van der Waals surface area contributed by atoms with Crippen LogP contribution in [-0.2, 0) is 36.9 Å². The molecule has 1 fully saturated rings. The molecule has 2 aromatic carbocycles. The van der Waals surface area contributed by atoms with Crippen molar-refractivity contribution in [1.82, 2.24) is 4.90 Å². The lowest BCUT2D eigenvalue weighted by atomic mass is 10.00. The summed E-state index contributed by atoms with van der Waals surface area (Å²) in [5, 5.41) is 0. The number of benzene rings is 2. The summed E-state index contributed by atoms with van der Waals surface area (Å²) in [6.45, 7) is 10.9. The van der Waals surface area contributed by atoms with Crippen molar-refractivity contribution in [1.29, 1.82) is 0 Å². The van der Waals surface area contributed by atoms with Crippen LogP contribution in [0.1, 0.15) is 45.7 Å². The van der Waals surface area contributed by atoms with Crippen LogP contribution in [-0.4, -0.2) is 59.9 Å². The van der Waals surface area contributed by atoms with Crippen LogP contribution in [0.25, 0.3) is 0 Å². The Morgan fingerprint density at radius 3 is 2.05 bits per heavy atom. The molecule has 0 bridgehead atoms. The third-order valence-corrected chi connectivity index (χ3v) is 6.25. The normalized spacial score (nSPS) is 22.7. The van der Waals surface area contributed by atoms with Gasteiger partial charge in [0.2, 0.25) is 0 Å². The van der Waals surface area contributed by atoms with E-state index in [2.05, 4.69) is 0 Å². The van der Waals surface area contributed by atoms with Gasteiger partial charge in [0, 0.05) is 6.54 Å². The number of nitrogens with zero attached hydrogens (tertiary/aromatic N) is 1. The third kappa shape index (κ3) is 7.65. The molecule has 7 nitrogen and oxygen atoms in total. The number of carbonyl (C=O) groups excluding carboxylic acids is 1. The summed E-state index contributed by atoms with van der Waals surface area (Å²) in [5.74, 6) is -0.737. The molecular weight excluding hydrogens is 470 g/mol. The molecule has 0 N–H and O–H groups in total. The van der Waals surface area contributed by atoms with Crippen LogP contribution in [0, 0.1) is 0 Å². The zero-order valence-corrected chi connectivity index (χ0v) is 22.5. The van der Waals surface area contributed by atoms with Gasteiger partial charge in [-0.05, 0) is 45.7 Å². The first-order valence-corrected chi connectivity index (χ1v) is 12.9. The second kappa shape index (κ2) is 11.8. The maximum Gasteiger partial charge on any atom is 0.411 e. The summed E-state index contributed by atoms with van der Waals surface area (Å²) >= 11 is 0. The number of hydrogen-bond donors (Lipinski definition) is 0. The Balaban J connectivity index is 1.63. The topological polar surface area (TPSA) is 66.5 Å². The molecule has 2 aliphatic rings. The molecule has 4 atom stereocenters. The van der Waals surface area contributed by atoms with Crippen molar-refractivity contribution in [3.8, 4) is 0 Å². The minimum Gasteiger partial charge on any atom is -0.444 e. The molecule has 7 heteroatoms. The molecule has 0 radical (unpaired) electrons. The Hall–Kier alpha value is -2.71. The number of amides is 1. The SMILES string of the molecule is CC(C)(C)OC(=O)N1CC=C[C@@H]1[C@@H](OCc1ccccc1)[C@H](OCc1ccccc1)[C@@H]1COC(C)(C)O1. The largest absolute Gasteiger partial charge is 0.444 e. The maximum atomic E-state index is 13.2. The molecule has 4 rings (SSSR count). The van der Waals surface area contributed by atoms with Crippen LogP contribution in [0.5, 0.6) is 0 Å². The Morgan fingerprint density at radius 1 is 0.973 bits per heavy atom. The van der Waals surface area contributed by atoms with E-state index in [1.165, 1.54) is 0 Å². The van der Waals surface area contributed by atoms with Gasteiger partial charge >= 0.3 is 6.09 Å². The average Bonchev–Trinajstić information content (AvgIpc) is 3.48. The molecule has 0 saturated carbocycles. The van der Waals surface area contributed by atoms with Gasteiger partial charge in [0.05, 0.1) is 25.9 Å². The third-order valence-electron chi connectivity index (χ3n) is 6.25. The second-order valence-corrected chi connectivity index (χ2v) is 10.9. The van der Waals surface area contributed by atoms with Crippen molar-refractivity contribution in [2.45, 2.75) is 83.6 Å². The fourth-order valence-electron chi connectivity index (χ4n) is 4.56. The second-order valence-electron chi connectivity index (χ2n) is 10.9. The molecule has 2 aromatic rings. The van der Waals surface area contributed by atoms with E-state index in [0.29, 0.717) is 26.4 Å². The van der Waals surface area contributed by atoms with Crippen molar-refractivity contribution in [2.75, 3.05) is 13.2 Å². The van der Waals surface area contributed by atoms with Crippen LogP contribution < -0.4 is 0 Å². The monoisotopic (exact) mass is 509 g/mol. The standard InChI is InChI=1S/C30H39NO6/c1-29(2,3)37-28(32)31-18-12-17-24(31)26(33-19-22-13-8-6-9-14-22)27(25-21-35-30(4,5)36-25)34-20-23-15-10-7-11-16-23/h6-17,24-27H,18-21H2,1-5H3/t24-,25+,26-,27-/m1/s1. The van der Waals surface area contributed by atoms with Crippen molar-refractivity contribution in [3.63, 3.8) is 0 Å². The Labute approximate surface area is 220 Å². The summed E-state index contributed by atoms with van der Waals surface area (Å²) in [6, 6.07) is 19.6. The Kier molecular flexibility index (Phi) is 8.70. The van der Waals surface area contributed by atoms with Gasteiger partial charge in [-0.3, -0.25) is 4.90 Å². The van der Waals surface area contributed by atoms with E-state index in [1.54, 1.807) is 4.90 Å². The van der Waals surface area contributed by atoms with Gasteiger partial charge in [0.25, 0.3) is 0 Å². The lowest BCUT2D eigenvalue weighted by Crippen LogP contribution is -2.54. The van der Waals surface area contributed by atoms with E-state index in [-0.39, 0.29) is 12.2 Å². The van der Waals surface area contributed by atoms with Gasteiger partial charge in [0.15, 0.2) is 5.79 Å². The van der Waals surface area contributed by atoms with Crippen LogP contribution in [0.2, 0.25) is 0 Å². The highest BCUT2D eigenvalue weighted by atomic mass is 16.8. The van der Waals surface area contributed by atoms with E-state index in [1.807, 2.05) is 107 Å². The number of carbonyl (C=O) groups is 1. The van der Waals surface area contributed by atoms with Gasteiger partial charge in [-0.15, -0.1) is 0 Å². The molecule has 0 spiro atoms. The summed E-state index contributed by atoms with van der Waals surface area (Å²) in [7, 11) is 0. The number of ether oxygens (including phenoxy) is 5. The molecule has 37 heavy (non-hydrogen) atoms. The van der Waals surface area contributed by atoms with E-state index in [9.17, 15) is 4.79 Å². The molecule has 0 unspecified atom stereocenters. The molecule has 1 amide bonds. The van der Waals surface area contributed by atoms with Crippen LogP contribution in [0.15, 0.2) is 72.8 Å². The minimum atomic E-state index is -0.737. The van der Waals surface area contributed by atoms with E-state index < -0.39 is 29.6 Å². The van der Waals surface area contributed by atoms with Gasteiger partial charge < -0.3 is 23.7 Å². The lowest BCUT2D eigenvalue weighted by Gasteiger charge is -2.38. The fourth-order valence-corrected chi connectivity index (χ4v) is 4.56. The average molecular weight is 510 g/mol. The Bertz CT molecular complexity index is 1030. The van der Waals surface area contributed by atoms with Crippen molar-refractivity contribution in [3.05, 3.63) is 83.9 Å². The van der Waals surface area contributed by atoms with Gasteiger partial charge in [-0.1, -0.05) is 72.8 Å². The van der Waals surface area contributed by atoms with E-state index >= 15 is 0 Å². The summed E-state index contributed by atoms with van der Waals surface area (Å²) in [6.07, 6.45) is 2.16. The quantitative estimate of drug-likeness (QED) is 0.417. The zero-order chi connectivity index (χ0) is 26.5. The smallest absolute Gasteiger partial charge is 0.411 e. The zero-order valence-electron chi connectivity index (χ0n) is 22.5. The summed E-state index contributed by atoms with van der Waals surface area (Å²) < 4.78 is 31.1. The van der Waals surface area contributed by atoms with Crippen molar-refractivity contribution in [2.24, 2.45) is 0 Å². The highest BCUT2D eigenvalue weighted by Gasteiger charge is 2.47. The van der Waals surface area contributed by atoms with E-state index in [0.717, 1.165) is 11.1 Å². The van der Waals surface area contributed by atoms with Gasteiger partial charge in [0.1, 0.15) is 23.9 Å². The molecule has 2 aliphatic heterocycles. The number of rotatable bonds is 9. The first kappa shape index (κ1) is 27.3. The highest BCUT2D eigenvalue weighted by Crippen LogP contribution is 2.32.